The van der Waals surface area contributed by atoms with Gasteiger partial charge >= 0.3 is 0 Å². The maximum atomic E-state index is 6.55. The van der Waals surface area contributed by atoms with Crippen LogP contribution in [-0.4, -0.2) is 4.98 Å². The van der Waals surface area contributed by atoms with Crippen LogP contribution in [0.3, 0.4) is 0 Å². The molecule has 8 rings (SSSR count). The molecule has 1 aliphatic carbocycles. The van der Waals surface area contributed by atoms with Crippen molar-refractivity contribution in [1.82, 2.24) is 4.98 Å². The monoisotopic (exact) mass is 538 g/mol. The molecule has 0 aliphatic heterocycles. The fourth-order valence-electron chi connectivity index (χ4n) is 6.31. The Morgan fingerprint density at radius 3 is 2.30 bits per heavy atom. The second kappa shape index (κ2) is 8.97. The van der Waals surface area contributed by atoms with E-state index in [1.54, 1.807) is 17.6 Å². The van der Waals surface area contributed by atoms with Crippen LogP contribution in [0.5, 0.6) is 0 Å². The molecular formula is C35H26N2O2S. The lowest BCUT2D eigenvalue weighted by molar-refractivity contribution is 0.482. The Labute approximate surface area is 236 Å². The van der Waals surface area contributed by atoms with Crippen molar-refractivity contribution in [1.29, 1.82) is 0 Å². The molecule has 3 heterocycles. The van der Waals surface area contributed by atoms with Gasteiger partial charge in [-0.1, -0.05) is 60.7 Å². The number of hydrogen-bond donors (Lipinski definition) is 0. The maximum Gasteiger partial charge on any atom is 0.299 e. The van der Waals surface area contributed by atoms with Gasteiger partial charge in [0.15, 0.2) is 0 Å². The number of nitrogens with zero attached hydrogens (tertiary/aromatic N) is 2. The lowest BCUT2D eigenvalue weighted by Crippen LogP contribution is -2.14. The summed E-state index contributed by atoms with van der Waals surface area (Å²) in [5, 5.41) is 1.01. The molecule has 3 aromatic heterocycles. The van der Waals surface area contributed by atoms with Gasteiger partial charge in [0.05, 0.1) is 26.8 Å². The summed E-state index contributed by atoms with van der Waals surface area (Å²) in [4.78, 5) is 7.05. The van der Waals surface area contributed by atoms with Gasteiger partial charge in [-0.2, -0.15) is 0 Å². The van der Waals surface area contributed by atoms with E-state index in [1.165, 1.54) is 32.5 Å². The minimum atomic E-state index is 0.539. The van der Waals surface area contributed by atoms with E-state index in [0.717, 1.165) is 57.7 Å². The Morgan fingerprint density at radius 2 is 1.50 bits per heavy atom. The zero-order valence-corrected chi connectivity index (χ0v) is 23.1. The molecule has 0 fully saturated rings. The average molecular weight is 539 g/mol. The van der Waals surface area contributed by atoms with Gasteiger partial charge in [-0.3, -0.25) is 4.90 Å². The Kier molecular flexibility index (Phi) is 5.22. The van der Waals surface area contributed by atoms with E-state index in [2.05, 4.69) is 79.4 Å². The van der Waals surface area contributed by atoms with Crippen LogP contribution in [0, 0.1) is 13.8 Å². The minimum absolute atomic E-state index is 0.539. The van der Waals surface area contributed by atoms with Gasteiger partial charge in [-0.15, -0.1) is 11.3 Å². The zero-order chi connectivity index (χ0) is 26.8. The summed E-state index contributed by atoms with van der Waals surface area (Å²) in [5.74, 6) is 1.31. The number of aromatic nitrogens is 1. The number of thiazole rings is 1. The number of rotatable bonds is 4. The van der Waals surface area contributed by atoms with E-state index in [-0.39, 0.29) is 0 Å². The van der Waals surface area contributed by atoms with Gasteiger partial charge in [0.2, 0.25) is 5.88 Å². The third-order valence-corrected chi connectivity index (χ3v) is 9.00. The standard InChI is InChI=1S/C35H26N2O2S/c1-21-28(17-15-24-13-14-25-16-18-29-33(36-20-40-29)32(25)30(21)24)37(26-11-7-4-8-12-26)34-22(2)31-27(19-38-35(31)39-34)23-9-5-3-6-10-23/h3-12,15-20H,13-14H2,1-2H3. The zero-order valence-electron chi connectivity index (χ0n) is 22.3. The van der Waals surface area contributed by atoms with Crippen molar-refractivity contribution in [2.75, 3.05) is 4.90 Å². The summed E-state index contributed by atoms with van der Waals surface area (Å²) in [6.07, 6.45) is 3.86. The molecule has 0 N–H and O–H groups in total. The molecule has 0 saturated heterocycles. The SMILES string of the molecule is Cc1c(N(c2ccccc2)c2oc3occ(-c4ccccc4)c3c2C)ccc2c1-c1c(ccc3scnc13)CC2. The summed E-state index contributed by atoms with van der Waals surface area (Å²) in [7, 11) is 0. The molecule has 0 atom stereocenters. The van der Waals surface area contributed by atoms with E-state index in [1.807, 2.05) is 29.8 Å². The van der Waals surface area contributed by atoms with Crippen LogP contribution in [0.1, 0.15) is 22.3 Å². The first-order chi connectivity index (χ1) is 19.7. The predicted molar refractivity (Wildman–Crippen MR) is 164 cm³/mol. The third-order valence-electron chi connectivity index (χ3n) is 8.21. The smallest absolute Gasteiger partial charge is 0.299 e. The Bertz CT molecular complexity index is 2030. The van der Waals surface area contributed by atoms with Gasteiger partial charge in [-0.25, -0.2) is 4.98 Å². The van der Waals surface area contributed by atoms with Crippen LogP contribution in [0.4, 0.5) is 17.3 Å². The van der Waals surface area contributed by atoms with E-state index in [4.69, 9.17) is 13.8 Å². The number of aryl methyl sites for hydroxylation is 3. The van der Waals surface area contributed by atoms with Crippen molar-refractivity contribution >= 4 is 50.0 Å². The van der Waals surface area contributed by atoms with E-state index in [9.17, 15) is 0 Å². The van der Waals surface area contributed by atoms with Crippen LogP contribution in [0.25, 0.3) is 43.6 Å². The predicted octanol–water partition coefficient (Wildman–Crippen LogP) is 10.2. The largest absolute Gasteiger partial charge is 0.433 e. The quantitative estimate of drug-likeness (QED) is 0.224. The molecule has 5 heteroatoms. The van der Waals surface area contributed by atoms with Crippen molar-refractivity contribution in [3.8, 4) is 22.3 Å². The molecule has 0 bridgehead atoms. The normalized spacial score (nSPS) is 12.6. The number of benzene rings is 4. The molecule has 1 aliphatic rings. The molecule has 0 unspecified atom stereocenters. The number of hydrogen-bond acceptors (Lipinski definition) is 5. The Hall–Kier alpha value is -4.61. The highest BCUT2D eigenvalue weighted by molar-refractivity contribution is 7.16. The molecule has 0 saturated carbocycles. The van der Waals surface area contributed by atoms with Crippen molar-refractivity contribution < 1.29 is 8.83 Å². The summed E-state index contributed by atoms with van der Waals surface area (Å²) in [5.41, 5.74) is 14.9. The summed E-state index contributed by atoms with van der Waals surface area (Å²) < 4.78 is 13.8. The first-order valence-corrected chi connectivity index (χ1v) is 14.5. The highest BCUT2D eigenvalue weighted by atomic mass is 32.1. The van der Waals surface area contributed by atoms with Gasteiger partial charge in [0.25, 0.3) is 5.78 Å². The first kappa shape index (κ1) is 23.3. The highest BCUT2D eigenvalue weighted by Crippen LogP contribution is 2.49. The second-order valence-corrected chi connectivity index (χ2v) is 11.3. The Balaban J connectivity index is 1.38. The van der Waals surface area contributed by atoms with Crippen LogP contribution >= 0.6 is 11.3 Å². The second-order valence-electron chi connectivity index (χ2n) is 10.4. The third kappa shape index (κ3) is 3.41. The van der Waals surface area contributed by atoms with Crippen LogP contribution in [0.2, 0.25) is 0 Å². The molecule has 4 aromatic carbocycles. The summed E-state index contributed by atoms with van der Waals surface area (Å²) >= 11 is 1.70. The molecule has 40 heavy (non-hydrogen) atoms. The van der Waals surface area contributed by atoms with Crippen molar-refractivity contribution in [2.24, 2.45) is 0 Å². The van der Waals surface area contributed by atoms with E-state index >= 15 is 0 Å². The average Bonchev–Trinajstić information content (AvgIpc) is 3.72. The fraction of sp³-hybridized carbons (Fsp3) is 0.114. The molecule has 0 amide bonds. The first-order valence-electron chi connectivity index (χ1n) is 13.6. The Morgan fingerprint density at radius 1 is 0.775 bits per heavy atom. The van der Waals surface area contributed by atoms with Crippen LogP contribution in [-0.2, 0) is 12.8 Å². The topological polar surface area (TPSA) is 42.4 Å². The van der Waals surface area contributed by atoms with Crippen molar-refractivity contribution in [3.63, 3.8) is 0 Å². The molecule has 0 radical (unpaired) electrons. The van der Waals surface area contributed by atoms with Gasteiger partial charge in [-0.05, 0) is 78.8 Å². The highest BCUT2D eigenvalue weighted by Gasteiger charge is 2.29. The number of furan rings is 2. The van der Waals surface area contributed by atoms with Crippen LogP contribution in [0.15, 0.2) is 106 Å². The molecule has 194 valence electrons. The number of fused-ring (bicyclic) bond motifs is 6. The fourth-order valence-corrected chi connectivity index (χ4v) is 7.00. The summed E-state index contributed by atoms with van der Waals surface area (Å²) in [6.45, 7) is 4.36. The lowest BCUT2D eigenvalue weighted by Gasteiger charge is -2.29. The molecule has 7 aromatic rings. The molecular weight excluding hydrogens is 512 g/mol. The molecule has 4 nitrogen and oxygen atoms in total. The van der Waals surface area contributed by atoms with Gasteiger partial charge in [0, 0.05) is 22.4 Å². The maximum absolute atomic E-state index is 6.55. The number of para-hydroxylation sites is 1. The van der Waals surface area contributed by atoms with Gasteiger partial charge in [0.1, 0.15) is 6.26 Å². The van der Waals surface area contributed by atoms with Crippen molar-refractivity contribution in [3.05, 3.63) is 119 Å². The van der Waals surface area contributed by atoms with Crippen LogP contribution < -0.4 is 4.90 Å². The van der Waals surface area contributed by atoms with E-state index in [0.29, 0.717) is 5.78 Å². The summed E-state index contributed by atoms with van der Waals surface area (Å²) in [6, 6.07) is 29.8. The molecule has 0 spiro atoms. The minimum Gasteiger partial charge on any atom is -0.433 e. The van der Waals surface area contributed by atoms with Crippen molar-refractivity contribution in [2.45, 2.75) is 26.7 Å². The number of anilines is 3. The van der Waals surface area contributed by atoms with E-state index < -0.39 is 0 Å². The lowest BCUT2D eigenvalue weighted by atomic mass is 9.82. The van der Waals surface area contributed by atoms with Gasteiger partial charge < -0.3 is 8.83 Å².